The van der Waals surface area contributed by atoms with Gasteiger partial charge in [-0.15, -0.1) is 11.8 Å². The Balaban J connectivity index is 1.55. The zero-order valence-corrected chi connectivity index (χ0v) is 13.0. The van der Waals surface area contributed by atoms with Gasteiger partial charge in [0.25, 0.3) is 0 Å². The van der Waals surface area contributed by atoms with Crippen LogP contribution in [0.5, 0.6) is 0 Å². The van der Waals surface area contributed by atoms with E-state index in [2.05, 4.69) is 47.6 Å². The van der Waals surface area contributed by atoms with E-state index in [0.717, 1.165) is 38.5 Å². The minimum Gasteiger partial charge on any atom is -0.380 e. The van der Waals surface area contributed by atoms with E-state index >= 15 is 0 Å². The Labute approximate surface area is 125 Å². The van der Waals surface area contributed by atoms with Crippen molar-refractivity contribution < 1.29 is 4.74 Å². The number of benzene rings is 1. The summed E-state index contributed by atoms with van der Waals surface area (Å²) in [6.07, 6.45) is 2.37. The number of para-hydroxylation sites is 1. The van der Waals surface area contributed by atoms with Crippen molar-refractivity contribution >= 4 is 22.7 Å². The summed E-state index contributed by atoms with van der Waals surface area (Å²) in [5.74, 6) is 1.07. The highest BCUT2D eigenvalue weighted by atomic mass is 32.2. The number of thioether (sulfide) groups is 1. The van der Waals surface area contributed by atoms with Crippen molar-refractivity contribution in [1.29, 1.82) is 0 Å². The zero-order valence-electron chi connectivity index (χ0n) is 12.2. The highest BCUT2D eigenvalue weighted by Gasteiger charge is 1.99. The number of ether oxygens (including phenoxy) is 1. The maximum atomic E-state index is 5.50. The molecule has 20 heavy (non-hydrogen) atoms. The second-order valence-electron chi connectivity index (χ2n) is 4.79. The Morgan fingerprint density at radius 3 is 2.95 bits per heavy atom. The van der Waals surface area contributed by atoms with Crippen molar-refractivity contribution in [3.8, 4) is 0 Å². The van der Waals surface area contributed by atoms with Crippen LogP contribution in [0.2, 0.25) is 0 Å². The summed E-state index contributed by atoms with van der Waals surface area (Å²) in [7, 11) is 0. The maximum Gasteiger partial charge on any atom is 0.0732 e. The molecule has 3 nitrogen and oxygen atoms in total. The molecule has 2 aromatic rings. The van der Waals surface area contributed by atoms with Gasteiger partial charge in [-0.1, -0.05) is 31.5 Å². The molecule has 0 spiro atoms. The van der Waals surface area contributed by atoms with Crippen LogP contribution in [-0.2, 0) is 4.74 Å². The van der Waals surface area contributed by atoms with Gasteiger partial charge in [-0.2, -0.15) is 0 Å². The van der Waals surface area contributed by atoms with Crippen LogP contribution in [0.3, 0.4) is 0 Å². The predicted octanol–water partition coefficient (Wildman–Crippen LogP) is 3.67. The van der Waals surface area contributed by atoms with Crippen LogP contribution in [-0.4, -0.2) is 37.0 Å². The second-order valence-corrected chi connectivity index (χ2v) is 5.92. The molecule has 2 N–H and O–H groups in total. The number of aromatic amines is 1. The number of H-pyrrole nitrogens is 1. The molecule has 0 amide bonds. The van der Waals surface area contributed by atoms with Crippen LogP contribution < -0.4 is 5.32 Å². The molecule has 0 saturated carbocycles. The maximum absolute atomic E-state index is 5.50. The third-order valence-corrected chi connectivity index (χ3v) is 4.05. The molecule has 0 aliphatic carbocycles. The summed E-state index contributed by atoms with van der Waals surface area (Å²) in [4.78, 5) is 3.43. The van der Waals surface area contributed by atoms with Crippen LogP contribution in [0.25, 0.3) is 10.9 Å². The summed E-state index contributed by atoms with van der Waals surface area (Å²) in [5.41, 5.74) is 1.22. The van der Waals surface area contributed by atoms with Crippen molar-refractivity contribution in [2.45, 2.75) is 24.8 Å². The van der Waals surface area contributed by atoms with Crippen LogP contribution in [0.4, 0.5) is 0 Å². The summed E-state index contributed by atoms with van der Waals surface area (Å²) >= 11 is 1.86. The summed E-state index contributed by atoms with van der Waals surface area (Å²) < 4.78 is 5.50. The van der Waals surface area contributed by atoms with Gasteiger partial charge >= 0.3 is 0 Å². The molecular weight excluding hydrogens is 268 g/mol. The predicted molar refractivity (Wildman–Crippen MR) is 87.6 cm³/mol. The standard InChI is InChI=1S/C16H24N2OS/c1-2-3-10-19-11-8-17-9-12-20-16-13-14-6-4-5-7-15(14)18-16/h4-7,13,17-18H,2-3,8-12H2,1H3. The van der Waals surface area contributed by atoms with Gasteiger partial charge in [-0.05, 0) is 18.6 Å². The number of aromatic nitrogens is 1. The average Bonchev–Trinajstić information content (AvgIpc) is 2.88. The number of hydrogen-bond donors (Lipinski definition) is 2. The fraction of sp³-hybridized carbons (Fsp3) is 0.500. The molecule has 1 aromatic heterocycles. The molecule has 0 radical (unpaired) electrons. The molecule has 0 aliphatic rings. The SMILES string of the molecule is CCCCOCCNCCSc1cc2ccccc2[nH]1. The number of hydrogen-bond acceptors (Lipinski definition) is 3. The summed E-state index contributed by atoms with van der Waals surface area (Å²) in [6.45, 7) is 5.84. The minimum absolute atomic E-state index is 0.817. The van der Waals surface area contributed by atoms with Gasteiger partial charge < -0.3 is 15.0 Å². The molecule has 2 rings (SSSR count). The topological polar surface area (TPSA) is 37.0 Å². The van der Waals surface area contributed by atoms with E-state index in [9.17, 15) is 0 Å². The fourth-order valence-corrected chi connectivity index (χ4v) is 2.83. The van der Waals surface area contributed by atoms with Crippen LogP contribution in [0, 0.1) is 0 Å². The number of nitrogens with one attached hydrogen (secondary N) is 2. The van der Waals surface area contributed by atoms with Gasteiger partial charge in [0, 0.05) is 36.4 Å². The first-order chi connectivity index (χ1) is 9.90. The van der Waals surface area contributed by atoms with E-state index in [1.165, 1.54) is 22.3 Å². The van der Waals surface area contributed by atoms with Gasteiger partial charge in [0.15, 0.2) is 0 Å². The van der Waals surface area contributed by atoms with Gasteiger partial charge in [-0.25, -0.2) is 0 Å². The average molecular weight is 292 g/mol. The lowest BCUT2D eigenvalue weighted by atomic mass is 10.3. The molecule has 4 heteroatoms. The number of unbranched alkanes of at least 4 members (excludes halogenated alkanes) is 1. The largest absolute Gasteiger partial charge is 0.380 e. The molecule has 110 valence electrons. The van der Waals surface area contributed by atoms with Gasteiger partial charge in [-0.3, -0.25) is 0 Å². The van der Waals surface area contributed by atoms with Gasteiger partial charge in [0.2, 0.25) is 0 Å². The van der Waals surface area contributed by atoms with E-state index in [1.54, 1.807) is 0 Å². The quantitative estimate of drug-likeness (QED) is 0.518. The molecule has 0 atom stereocenters. The highest BCUT2D eigenvalue weighted by Crippen LogP contribution is 2.22. The van der Waals surface area contributed by atoms with Crippen molar-refractivity contribution in [3.05, 3.63) is 30.3 Å². The lowest BCUT2D eigenvalue weighted by Crippen LogP contribution is -2.22. The Bertz CT molecular complexity index is 465. The number of fused-ring (bicyclic) bond motifs is 1. The molecular formula is C16H24N2OS. The monoisotopic (exact) mass is 292 g/mol. The van der Waals surface area contributed by atoms with Gasteiger partial charge in [0.05, 0.1) is 11.6 Å². The van der Waals surface area contributed by atoms with E-state index in [0.29, 0.717) is 0 Å². The van der Waals surface area contributed by atoms with Crippen molar-refractivity contribution in [2.24, 2.45) is 0 Å². The first kappa shape index (κ1) is 15.4. The van der Waals surface area contributed by atoms with Crippen molar-refractivity contribution in [2.75, 3.05) is 32.1 Å². The lowest BCUT2D eigenvalue weighted by molar-refractivity contribution is 0.133. The van der Waals surface area contributed by atoms with E-state index < -0.39 is 0 Å². The van der Waals surface area contributed by atoms with Crippen LogP contribution in [0.1, 0.15) is 19.8 Å². The van der Waals surface area contributed by atoms with E-state index in [-0.39, 0.29) is 0 Å². The van der Waals surface area contributed by atoms with Crippen molar-refractivity contribution in [1.82, 2.24) is 10.3 Å². The van der Waals surface area contributed by atoms with Crippen LogP contribution in [0.15, 0.2) is 35.4 Å². The van der Waals surface area contributed by atoms with Gasteiger partial charge in [0.1, 0.15) is 0 Å². The second kappa shape index (κ2) is 9.06. The molecule has 0 unspecified atom stereocenters. The summed E-state index contributed by atoms with van der Waals surface area (Å²) in [5, 5.41) is 5.93. The molecule has 1 heterocycles. The molecule has 1 aromatic carbocycles. The molecule has 0 fully saturated rings. The summed E-state index contributed by atoms with van der Waals surface area (Å²) in [6, 6.07) is 10.6. The number of rotatable bonds is 10. The van der Waals surface area contributed by atoms with E-state index in [1.807, 2.05) is 11.8 Å². The molecule has 0 saturated heterocycles. The Morgan fingerprint density at radius 1 is 1.20 bits per heavy atom. The Kier molecular flexibility index (Phi) is 6.98. The zero-order chi connectivity index (χ0) is 14.0. The smallest absolute Gasteiger partial charge is 0.0732 e. The van der Waals surface area contributed by atoms with Crippen LogP contribution >= 0.6 is 11.8 Å². The first-order valence-electron chi connectivity index (χ1n) is 7.39. The van der Waals surface area contributed by atoms with Crippen molar-refractivity contribution in [3.63, 3.8) is 0 Å². The fourth-order valence-electron chi connectivity index (χ4n) is 1.98. The highest BCUT2D eigenvalue weighted by molar-refractivity contribution is 7.99. The lowest BCUT2D eigenvalue weighted by Gasteiger charge is -2.05. The third-order valence-electron chi connectivity index (χ3n) is 3.11. The Morgan fingerprint density at radius 2 is 2.10 bits per heavy atom. The minimum atomic E-state index is 0.817. The Hall–Kier alpha value is -0.970. The normalized spacial score (nSPS) is 11.2. The first-order valence-corrected chi connectivity index (χ1v) is 8.37. The molecule has 0 aliphatic heterocycles. The molecule has 0 bridgehead atoms. The van der Waals surface area contributed by atoms with E-state index in [4.69, 9.17) is 4.74 Å². The third kappa shape index (κ3) is 5.19.